The Bertz CT molecular complexity index is 5270. The van der Waals surface area contributed by atoms with E-state index in [0.717, 1.165) is 33.1 Å². The Hall–Kier alpha value is -12.4. The lowest BCUT2D eigenvalue weighted by atomic mass is 10.0. The summed E-state index contributed by atoms with van der Waals surface area (Å²) in [6, 6.07) is 42.6. The van der Waals surface area contributed by atoms with Crippen LogP contribution in [0.15, 0.2) is 158 Å². The molecule has 16 rings (SSSR count). The van der Waals surface area contributed by atoms with Crippen molar-refractivity contribution in [3.63, 3.8) is 0 Å². The summed E-state index contributed by atoms with van der Waals surface area (Å²) in [6.45, 7) is 13.8. The summed E-state index contributed by atoms with van der Waals surface area (Å²) in [5.41, 5.74) is 12.7. The highest BCUT2D eigenvalue weighted by molar-refractivity contribution is 6.07. The molecule has 0 radical (unpaired) electrons. The van der Waals surface area contributed by atoms with E-state index >= 15 is 0 Å². The quantitative estimate of drug-likeness (QED) is 0.100. The molecule has 12 heterocycles. The average molecular weight is 1440 g/mol. The Morgan fingerprint density at radius 3 is 1.13 bits per heavy atom. The Morgan fingerprint density at radius 2 is 0.766 bits per heavy atom. The predicted octanol–water partition coefficient (Wildman–Crippen LogP) is 11.4. The average Bonchev–Trinajstić information content (AvgIpc) is 1.68. The predicted molar refractivity (Wildman–Crippen MR) is 402 cm³/mol. The zero-order valence-electron chi connectivity index (χ0n) is 60.7. The molecule has 3 aliphatic heterocycles. The first-order chi connectivity index (χ1) is 51.6. The molecule has 0 unspecified atom stereocenters. The van der Waals surface area contributed by atoms with Gasteiger partial charge in [-0.15, -0.1) is 0 Å². The van der Waals surface area contributed by atoms with E-state index < -0.39 is 24.3 Å². The maximum atomic E-state index is 13.5. The van der Waals surface area contributed by atoms with Crippen molar-refractivity contribution in [2.75, 3.05) is 35.8 Å². The molecule has 3 aliphatic rings. The molecule has 28 heteroatoms. The molecule has 28 nitrogen and oxygen atoms in total. The van der Waals surface area contributed by atoms with E-state index in [0.29, 0.717) is 147 Å². The minimum Gasteiger partial charge on any atom is -0.475 e. The van der Waals surface area contributed by atoms with Crippen LogP contribution in [0.1, 0.15) is 98.5 Å². The van der Waals surface area contributed by atoms with Crippen LogP contribution in [0.5, 0.6) is 17.6 Å². The molecule has 4 aromatic carbocycles. The summed E-state index contributed by atoms with van der Waals surface area (Å²) in [5.74, 6) is 1.87. The number of benzene rings is 4. The van der Waals surface area contributed by atoms with E-state index in [1.165, 1.54) is 0 Å². The van der Waals surface area contributed by atoms with Crippen LogP contribution >= 0.6 is 0 Å². The number of esters is 1. The normalized spacial score (nSPS) is 18.4. The lowest BCUT2D eigenvalue weighted by Crippen LogP contribution is -2.29. The van der Waals surface area contributed by atoms with Crippen molar-refractivity contribution in [1.29, 1.82) is 0 Å². The molecule has 6 atom stereocenters. The molecule has 548 valence electrons. The molecular formula is C79H82N18O10. The van der Waals surface area contributed by atoms with Crippen molar-refractivity contribution in [3.05, 3.63) is 197 Å². The van der Waals surface area contributed by atoms with Crippen LogP contribution in [0, 0.1) is 38.5 Å². The number of carbonyl (C=O) groups excluding carboxylic acids is 4. The van der Waals surface area contributed by atoms with E-state index in [9.17, 15) is 29.4 Å². The number of aliphatic hydroxyl groups is 2. The zero-order valence-corrected chi connectivity index (χ0v) is 60.7. The largest absolute Gasteiger partial charge is 0.475 e. The minimum absolute atomic E-state index is 0.0292. The van der Waals surface area contributed by atoms with E-state index in [2.05, 4.69) is 76.9 Å². The maximum Gasteiger partial charge on any atom is 0.338 e. The van der Waals surface area contributed by atoms with Crippen LogP contribution in [-0.4, -0.2) is 145 Å². The van der Waals surface area contributed by atoms with Crippen molar-refractivity contribution in [1.82, 2.24) is 72.9 Å². The number of amides is 3. The number of rotatable bonds is 2. The Labute approximate surface area is 615 Å². The molecule has 0 fully saturated rings. The Morgan fingerprint density at radius 1 is 0.439 bits per heavy atom. The van der Waals surface area contributed by atoms with Crippen molar-refractivity contribution < 1.29 is 48.3 Å². The summed E-state index contributed by atoms with van der Waals surface area (Å²) in [6.07, 6.45) is 4.65. The third kappa shape index (κ3) is 15.8. The minimum atomic E-state index is -0.665. The highest BCUT2D eigenvalue weighted by atomic mass is 16.6. The van der Waals surface area contributed by atoms with Gasteiger partial charge in [-0.3, -0.25) is 45.3 Å². The summed E-state index contributed by atoms with van der Waals surface area (Å²) in [4.78, 5) is 81.0. The molecule has 0 saturated carbocycles. The number of imidazole rings is 3. The van der Waals surface area contributed by atoms with Gasteiger partial charge in [0.05, 0.1) is 103 Å². The van der Waals surface area contributed by atoms with Gasteiger partial charge >= 0.3 is 5.97 Å². The number of anilines is 3. The molecule has 107 heavy (non-hydrogen) atoms. The number of aromatic nitrogens is 15. The second-order valence-corrected chi connectivity index (χ2v) is 27.7. The number of para-hydroxylation sites is 6. The van der Waals surface area contributed by atoms with Gasteiger partial charge in [-0.2, -0.15) is 15.3 Å². The Balaban J connectivity index is 0.000000136. The molecule has 6 bridgehead atoms. The van der Waals surface area contributed by atoms with Crippen molar-refractivity contribution in [3.8, 4) is 51.4 Å². The number of ether oxygens (including phenoxy) is 4. The zero-order chi connectivity index (χ0) is 74.7. The van der Waals surface area contributed by atoms with Gasteiger partial charge in [0.25, 0.3) is 17.7 Å². The summed E-state index contributed by atoms with van der Waals surface area (Å²) in [5, 5.41) is 43.3. The number of carbonyl (C=O) groups is 4. The molecule has 0 saturated heterocycles. The van der Waals surface area contributed by atoms with Crippen molar-refractivity contribution >= 4 is 74.6 Å². The number of pyridine rings is 3. The van der Waals surface area contributed by atoms with E-state index in [-0.39, 0.29) is 55.3 Å². The van der Waals surface area contributed by atoms with Crippen LogP contribution in [0.3, 0.4) is 0 Å². The highest BCUT2D eigenvalue weighted by Gasteiger charge is 2.29. The highest BCUT2D eigenvalue weighted by Crippen LogP contribution is 2.36. The molecule has 9 aromatic heterocycles. The molecule has 0 spiro atoms. The second kappa shape index (κ2) is 30.7. The van der Waals surface area contributed by atoms with Gasteiger partial charge in [-0.05, 0) is 143 Å². The van der Waals surface area contributed by atoms with E-state index in [1.54, 1.807) is 114 Å². The fourth-order valence-electron chi connectivity index (χ4n) is 13.9. The van der Waals surface area contributed by atoms with Gasteiger partial charge in [-0.1, -0.05) is 75.4 Å². The molecule has 0 aliphatic carbocycles. The number of hydrogen-bond acceptors (Lipinski definition) is 19. The van der Waals surface area contributed by atoms with E-state index in [1.807, 2.05) is 113 Å². The molecule has 5 N–H and O–H groups in total. The summed E-state index contributed by atoms with van der Waals surface area (Å²) < 4.78 is 35.1. The molecule has 3 amide bonds. The van der Waals surface area contributed by atoms with E-state index in [4.69, 9.17) is 23.9 Å². The number of nitrogens with one attached hydrogen (secondary N) is 3. The van der Waals surface area contributed by atoms with Gasteiger partial charge in [-0.25, -0.2) is 33.8 Å². The van der Waals surface area contributed by atoms with Gasteiger partial charge in [0.2, 0.25) is 35.5 Å². The Kier molecular flexibility index (Phi) is 20.5. The monoisotopic (exact) mass is 1440 g/mol. The third-order valence-electron chi connectivity index (χ3n) is 18.8. The van der Waals surface area contributed by atoms with Crippen molar-refractivity contribution in [2.24, 2.45) is 38.9 Å². The van der Waals surface area contributed by atoms with Gasteiger partial charge < -0.3 is 42.9 Å². The number of hydrogen-bond donors (Lipinski definition) is 5. The van der Waals surface area contributed by atoms with Gasteiger partial charge in [0.1, 0.15) is 25.9 Å². The van der Waals surface area contributed by atoms with Crippen LogP contribution < -0.4 is 30.2 Å². The van der Waals surface area contributed by atoms with Crippen LogP contribution in [-0.2, 0) is 45.5 Å². The fourth-order valence-corrected chi connectivity index (χ4v) is 13.9. The molecule has 13 aromatic rings. The molecular weight excluding hydrogens is 1360 g/mol. The number of nitrogens with zero attached hydrogens (tertiary/aromatic N) is 15. The smallest absolute Gasteiger partial charge is 0.338 e. The number of aryl methyl sites for hydroxylation is 6. The number of aliphatic hydroxyl groups excluding tert-OH is 2. The lowest BCUT2D eigenvalue weighted by Gasteiger charge is -2.23. The van der Waals surface area contributed by atoms with Crippen LogP contribution in [0.25, 0.3) is 66.9 Å². The van der Waals surface area contributed by atoms with Gasteiger partial charge in [0.15, 0.2) is 0 Å². The standard InChI is InChI=1S/C31H30N6O4.2C24H26N6O3/c1-19-13-23(41-30(39)21-9-5-4-6-10-21)18-40-29-24(16-32-36(29)3)26-15-22(14-20(2)33-26)28(38)35-31-34-25-11-7-8-12-27(25)37(31)17-19;2*1-14-8-17(31)13-33-23-18(11-25-29(23)3)20-10-16(9-15(2)26-20)22(32)28-24-27-19-6-4-5-7-21(19)30(24)12-14/h4-12,14-16,19,23H,13,17-18H2,1-3H3,(H,34,35,38);2*4-7,9-11,14,17,31H,8,12-13H2,1-3H3,(H,27,28,32)/t19-,23-;14-,17+;14-,17-/m111/s1. The lowest BCUT2D eigenvalue weighted by molar-refractivity contribution is 0.00924. The second-order valence-electron chi connectivity index (χ2n) is 27.7. The first-order valence-corrected chi connectivity index (χ1v) is 35.5. The SMILES string of the molecule is Cc1cc2cc(n1)-c1cnn(C)c1OC[C@@H](O)C[C@@H](C)Cn1c(nc3ccccc31)NC2=O.Cc1cc2cc(n1)-c1cnn(C)c1OC[C@H](O)C[C@@H](C)Cn1c(nc3ccccc31)NC2=O.Cc1cc2cc(n1)-c1cnn(C)c1OC[C@H](OC(=O)c1ccccc1)C[C@@H](C)Cn1c(nc3ccccc31)NC2=O. The summed E-state index contributed by atoms with van der Waals surface area (Å²) in [7, 11) is 5.32. The number of fused-ring (bicyclic) bond motifs is 21. The summed E-state index contributed by atoms with van der Waals surface area (Å²) >= 11 is 0. The third-order valence-corrected chi connectivity index (χ3v) is 18.8. The first kappa shape index (κ1) is 71.6. The van der Waals surface area contributed by atoms with Crippen molar-refractivity contribution in [2.45, 2.75) is 98.8 Å². The fraction of sp³-hybridized carbons (Fsp3) is 0.304. The topological polar surface area (TPSA) is 327 Å². The maximum absolute atomic E-state index is 13.5. The van der Waals surface area contributed by atoms with Crippen LogP contribution in [0.4, 0.5) is 17.8 Å². The van der Waals surface area contributed by atoms with Crippen LogP contribution in [0.2, 0.25) is 0 Å². The first-order valence-electron chi connectivity index (χ1n) is 35.5. The van der Waals surface area contributed by atoms with Gasteiger partial charge in [0, 0.05) is 74.5 Å².